The molecule has 29 heavy (non-hydrogen) atoms. The number of aryl methyl sites for hydroxylation is 3. The molecule has 0 N–H and O–H groups in total. The van der Waals surface area contributed by atoms with E-state index in [-0.39, 0.29) is 5.82 Å². The zero-order chi connectivity index (χ0) is 20.1. The van der Waals surface area contributed by atoms with Crippen LogP contribution in [0, 0.1) is 19.7 Å². The third kappa shape index (κ3) is 2.90. The molecule has 2 aromatic heterocycles. The molecule has 5 rings (SSSR count). The molecule has 0 fully saturated rings. The van der Waals surface area contributed by atoms with Gasteiger partial charge in [0.1, 0.15) is 24.0 Å². The van der Waals surface area contributed by atoms with Gasteiger partial charge in [0.15, 0.2) is 6.20 Å². The minimum Gasteiger partial charge on any atom is -0.455 e. The van der Waals surface area contributed by atoms with Gasteiger partial charge in [-0.2, -0.15) is 0 Å². The van der Waals surface area contributed by atoms with Gasteiger partial charge in [0, 0.05) is 29.0 Å². The molecule has 0 saturated heterocycles. The van der Waals surface area contributed by atoms with Crippen molar-refractivity contribution in [2.45, 2.75) is 13.8 Å². The van der Waals surface area contributed by atoms with E-state index >= 15 is 0 Å². The maximum atomic E-state index is 13.7. The number of halogens is 1. The molecule has 0 amide bonds. The maximum Gasteiger partial charge on any atom is 0.216 e. The van der Waals surface area contributed by atoms with Crippen LogP contribution in [-0.2, 0) is 7.05 Å². The first-order valence-corrected chi connectivity index (χ1v) is 9.70. The number of benzene rings is 3. The molecule has 0 spiro atoms. The highest BCUT2D eigenvalue weighted by Gasteiger charge is 2.21. The van der Waals surface area contributed by atoms with Crippen LogP contribution < -0.4 is 4.57 Å². The van der Waals surface area contributed by atoms with Crippen molar-refractivity contribution in [2.75, 3.05) is 0 Å². The Morgan fingerprint density at radius 2 is 1.55 bits per heavy atom. The van der Waals surface area contributed by atoms with Crippen LogP contribution in [0.3, 0.4) is 0 Å². The molecule has 3 aromatic carbocycles. The van der Waals surface area contributed by atoms with E-state index in [2.05, 4.69) is 73.1 Å². The van der Waals surface area contributed by atoms with Gasteiger partial charge in [0.25, 0.3) is 0 Å². The van der Waals surface area contributed by atoms with E-state index in [0.717, 1.165) is 38.7 Å². The lowest BCUT2D eigenvalue weighted by Gasteiger charge is -2.08. The quantitative estimate of drug-likeness (QED) is 0.319. The fourth-order valence-corrected chi connectivity index (χ4v) is 3.97. The van der Waals surface area contributed by atoms with E-state index in [1.807, 2.05) is 7.05 Å². The Kier molecular flexibility index (Phi) is 3.99. The Bertz CT molecular complexity index is 1380. The number of nitrogens with zero attached hydrogens (tertiary/aromatic N) is 1. The van der Waals surface area contributed by atoms with Crippen LogP contribution >= 0.6 is 0 Å². The highest BCUT2D eigenvalue weighted by atomic mass is 19.1. The maximum absolute atomic E-state index is 13.7. The Hall–Kier alpha value is -3.46. The standard InChI is InChI=1S/C26H21FNO/c1-16-4-7-18(8-5-16)19-12-13-28(3)23(14-19)25-17(2)6-10-22-21-11-9-20(27)15-24(21)29-26(22)25/h4-15H,1-3H3/q+1. The van der Waals surface area contributed by atoms with Crippen LogP contribution in [0.1, 0.15) is 11.1 Å². The molecule has 2 nitrogen and oxygen atoms in total. The summed E-state index contributed by atoms with van der Waals surface area (Å²) in [6.07, 6.45) is 2.07. The Labute approximate surface area is 168 Å². The summed E-state index contributed by atoms with van der Waals surface area (Å²) in [5, 5.41) is 1.93. The van der Waals surface area contributed by atoms with E-state index in [0.29, 0.717) is 5.58 Å². The van der Waals surface area contributed by atoms with E-state index in [9.17, 15) is 4.39 Å². The second-order valence-corrected chi connectivity index (χ2v) is 7.65. The van der Waals surface area contributed by atoms with E-state index in [1.165, 1.54) is 23.3 Å². The van der Waals surface area contributed by atoms with Crippen molar-refractivity contribution in [3.8, 4) is 22.4 Å². The molecular weight excluding hydrogens is 361 g/mol. The highest BCUT2D eigenvalue weighted by Crippen LogP contribution is 2.37. The van der Waals surface area contributed by atoms with Crippen molar-refractivity contribution in [1.82, 2.24) is 0 Å². The summed E-state index contributed by atoms with van der Waals surface area (Å²) in [5.74, 6) is -0.290. The minimum atomic E-state index is -0.290. The molecule has 3 heteroatoms. The van der Waals surface area contributed by atoms with Crippen LogP contribution in [0.5, 0.6) is 0 Å². The van der Waals surface area contributed by atoms with Crippen LogP contribution in [0.15, 0.2) is 77.3 Å². The number of aromatic nitrogens is 1. The van der Waals surface area contributed by atoms with Gasteiger partial charge in [0.05, 0.1) is 5.56 Å². The zero-order valence-corrected chi connectivity index (χ0v) is 16.7. The van der Waals surface area contributed by atoms with E-state index < -0.39 is 0 Å². The van der Waals surface area contributed by atoms with E-state index in [4.69, 9.17) is 4.42 Å². The molecule has 0 unspecified atom stereocenters. The Balaban J connectivity index is 1.79. The Morgan fingerprint density at radius 3 is 2.34 bits per heavy atom. The molecule has 0 atom stereocenters. The van der Waals surface area contributed by atoms with Gasteiger partial charge in [-0.1, -0.05) is 42.0 Å². The summed E-state index contributed by atoms with van der Waals surface area (Å²) in [5.41, 5.74) is 8.15. The topological polar surface area (TPSA) is 17.0 Å². The lowest BCUT2D eigenvalue weighted by Crippen LogP contribution is -2.30. The SMILES string of the molecule is Cc1ccc(-c2cc[n+](C)c(-c3c(C)ccc4c3oc3cc(F)ccc34)c2)cc1. The van der Waals surface area contributed by atoms with Crippen molar-refractivity contribution in [1.29, 1.82) is 0 Å². The average molecular weight is 382 g/mol. The molecule has 0 aliphatic heterocycles. The number of pyridine rings is 1. The second kappa shape index (κ2) is 6.56. The second-order valence-electron chi connectivity index (χ2n) is 7.65. The lowest BCUT2D eigenvalue weighted by atomic mass is 9.98. The predicted octanol–water partition coefficient (Wildman–Crippen LogP) is 6.50. The number of hydrogen-bond donors (Lipinski definition) is 0. The zero-order valence-electron chi connectivity index (χ0n) is 16.7. The number of fused-ring (bicyclic) bond motifs is 3. The number of hydrogen-bond acceptors (Lipinski definition) is 1. The monoisotopic (exact) mass is 382 g/mol. The van der Waals surface area contributed by atoms with Crippen LogP contribution in [0.4, 0.5) is 4.39 Å². The first kappa shape index (κ1) is 17.6. The molecule has 0 aliphatic carbocycles. The highest BCUT2D eigenvalue weighted by molar-refractivity contribution is 6.09. The summed E-state index contributed by atoms with van der Waals surface area (Å²) in [6.45, 7) is 4.18. The minimum absolute atomic E-state index is 0.290. The van der Waals surface area contributed by atoms with Gasteiger partial charge in [0.2, 0.25) is 5.69 Å². The first-order chi connectivity index (χ1) is 14.0. The van der Waals surface area contributed by atoms with Crippen molar-refractivity contribution in [2.24, 2.45) is 7.05 Å². The summed E-state index contributed by atoms with van der Waals surface area (Å²) in [6, 6.07) is 21.7. The molecule has 0 saturated carbocycles. The summed E-state index contributed by atoms with van der Waals surface area (Å²) in [7, 11) is 2.04. The molecule has 2 heterocycles. The van der Waals surface area contributed by atoms with Gasteiger partial charge in [-0.25, -0.2) is 8.96 Å². The van der Waals surface area contributed by atoms with Crippen molar-refractivity contribution >= 4 is 21.9 Å². The molecule has 0 aliphatic rings. The molecule has 5 aromatic rings. The third-order valence-electron chi connectivity index (χ3n) is 5.60. The smallest absolute Gasteiger partial charge is 0.216 e. The summed E-state index contributed by atoms with van der Waals surface area (Å²) in [4.78, 5) is 0. The van der Waals surface area contributed by atoms with Crippen molar-refractivity contribution in [3.63, 3.8) is 0 Å². The Morgan fingerprint density at radius 1 is 0.793 bits per heavy atom. The van der Waals surface area contributed by atoms with Crippen LogP contribution in [0.2, 0.25) is 0 Å². The van der Waals surface area contributed by atoms with Gasteiger partial charge < -0.3 is 4.42 Å². The predicted molar refractivity (Wildman–Crippen MR) is 115 cm³/mol. The van der Waals surface area contributed by atoms with E-state index in [1.54, 1.807) is 6.07 Å². The molecule has 142 valence electrons. The average Bonchev–Trinajstić information content (AvgIpc) is 3.07. The largest absolute Gasteiger partial charge is 0.455 e. The lowest BCUT2D eigenvalue weighted by molar-refractivity contribution is -0.660. The third-order valence-corrected chi connectivity index (χ3v) is 5.60. The van der Waals surface area contributed by atoms with Crippen molar-refractivity contribution in [3.05, 3.63) is 89.9 Å². The molecular formula is C26H21FNO+. The summed E-state index contributed by atoms with van der Waals surface area (Å²) < 4.78 is 22.0. The number of rotatable bonds is 2. The van der Waals surface area contributed by atoms with Crippen molar-refractivity contribution < 1.29 is 13.4 Å². The van der Waals surface area contributed by atoms with Gasteiger partial charge in [-0.15, -0.1) is 0 Å². The summed E-state index contributed by atoms with van der Waals surface area (Å²) >= 11 is 0. The fraction of sp³-hybridized carbons (Fsp3) is 0.115. The molecule has 0 radical (unpaired) electrons. The van der Waals surface area contributed by atoms with Gasteiger partial charge >= 0.3 is 0 Å². The molecule has 0 bridgehead atoms. The first-order valence-electron chi connectivity index (χ1n) is 9.70. The van der Waals surface area contributed by atoms with Gasteiger partial charge in [-0.3, -0.25) is 0 Å². The van der Waals surface area contributed by atoms with Crippen LogP contribution in [0.25, 0.3) is 44.3 Å². The number of furan rings is 1. The fourth-order valence-electron chi connectivity index (χ4n) is 3.97. The normalized spacial score (nSPS) is 11.4. The van der Waals surface area contributed by atoms with Gasteiger partial charge in [-0.05, 0) is 42.7 Å². The van der Waals surface area contributed by atoms with Crippen LogP contribution in [-0.4, -0.2) is 0 Å².